The van der Waals surface area contributed by atoms with Crippen LogP contribution >= 0.6 is 0 Å². The van der Waals surface area contributed by atoms with Gasteiger partial charge in [0.2, 0.25) is 0 Å². The van der Waals surface area contributed by atoms with Gasteiger partial charge in [0.1, 0.15) is 11.3 Å². The number of fused-ring (bicyclic) bond motifs is 1. The number of benzene rings is 2. The SMILES string of the molecule is Cc1cc(C(C)Nc2cnccc2C=O)c2oc(-c3ccccc3)c(C)c(=O)c2c1. The highest BCUT2D eigenvalue weighted by atomic mass is 16.3. The molecule has 1 unspecified atom stereocenters. The van der Waals surface area contributed by atoms with E-state index in [0.717, 1.165) is 23.0 Å². The summed E-state index contributed by atoms with van der Waals surface area (Å²) in [5.41, 5.74) is 4.92. The van der Waals surface area contributed by atoms with Gasteiger partial charge in [-0.15, -0.1) is 0 Å². The number of aromatic nitrogens is 1. The van der Waals surface area contributed by atoms with Gasteiger partial charge in [0, 0.05) is 28.5 Å². The molecule has 0 saturated carbocycles. The van der Waals surface area contributed by atoms with E-state index in [0.29, 0.717) is 33.5 Å². The van der Waals surface area contributed by atoms with Gasteiger partial charge in [-0.1, -0.05) is 36.4 Å². The summed E-state index contributed by atoms with van der Waals surface area (Å²) in [6.07, 6.45) is 3.99. The number of pyridine rings is 1. The summed E-state index contributed by atoms with van der Waals surface area (Å²) in [6.45, 7) is 5.72. The van der Waals surface area contributed by atoms with Crippen LogP contribution in [0.5, 0.6) is 0 Å². The van der Waals surface area contributed by atoms with Crippen molar-refractivity contribution >= 4 is 22.9 Å². The quantitative estimate of drug-likeness (QED) is 0.452. The lowest BCUT2D eigenvalue weighted by Crippen LogP contribution is -2.13. The molecule has 0 aliphatic rings. The van der Waals surface area contributed by atoms with Crippen molar-refractivity contribution in [1.82, 2.24) is 4.98 Å². The second-order valence-corrected chi connectivity index (χ2v) is 7.43. The highest BCUT2D eigenvalue weighted by molar-refractivity contribution is 5.86. The van der Waals surface area contributed by atoms with Gasteiger partial charge in [0.05, 0.1) is 23.3 Å². The van der Waals surface area contributed by atoms with Gasteiger partial charge in [0.15, 0.2) is 11.7 Å². The molecule has 150 valence electrons. The fourth-order valence-corrected chi connectivity index (χ4v) is 3.69. The number of hydrogen-bond acceptors (Lipinski definition) is 5. The molecule has 2 aromatic carbocycles. The lowest BCUT2D eigenvalue weighted by molar-refractivity contribution is 0.112. The molecule has 0 saturated heterocycles. The molecule has 0 bridgehead atoms. The summed E-state index contributed by atoms with van der Waals surface area (Å²) in [4.78, 5) is 28.6. The van der Waals surface area contributed by atoms with E-state index in [1.54, 1.807) is 25.4 Å². The molecule has 5 nitrogen and oxygen atoms in total. The smallest absolute Gasteiger partial charge is 0.196 e. The lowest BCUT2D eigenvalue weighted by Gasteiger charge is -2.19. The first-order valence-corrected chi connectivity index (χ1v) is 9.78. The van der Waals surface area contributed by atoms with Crippen LogP contribution in [0.1, 0.15) is 40.0 Å². The number of rotatable bonds is 5. The average Bonchev–Trinajstić information content (AvgIpc) is 2.77. The predicted octanol–water partition coefficient (Wildman–Crippen LogP) is 5.46. The lowest BCUT2D eigenvalue weighted by atomic mass is 9.98. The molecule has 4 rings (SSSR count). The number of aldehydes is 1. The van der Waals surface area contributed by atoms with Crippen LogP contribution < -0.4 is 10.7 Å². The van der Waals surface area contributed by atoms with Gasteiger partial charge in [-0.25, -0.2) is 0 Å². The molecule has 0 amide bonds. The molecule has 5 heteroatoms. The number of carbonyl (C=O) groups is 1. The fraction of sp³-hybridized carbons (Fsp3) is 0.160. The summed E-state index contributed by atoms with van der Waals surface area (Å²) in [7, 11) is 0. The number of carbonyl (C=O) groups excluding carboxylic acids is 1. The molecule has 0 spiro atoms. The summed E-state index contributed by atoms with van der Waals surface area (Å²) < 4.78 is 6.34. The van der Waals surface area contributed by atoms with E-state index in [-0.39, 0.29) is 11.5 Å². The molecule has 0 aliphatic heterocycles. The molecule has 2 aromatic heterocycles. The third-order valence-corrected chi connectivity index (χ3v) is 5.25. The number of nitrogens with zero attached hydrogens (tertiary/aromatic N) is 1. The summed E-state index contributed by atoms with van der Waals surface area (Å²) in [6, 6.07) is 14.9. The Morgan fingerprint density at radius 1 is 1.10 bits per heavy atom. The summed E-state index contributed by atoms with van der Waals surface area (Å²) in [5.74, 6) is 0.570. The van der Waals surface area contributed by atoms with Gasteiger partial charge in [0.25, 0.3) is 0 Å². The maximum atomic E-state index is 13.2. The Balaban J connectivity index is 1.90. The monoisotopic (exact) mass is 398 g/mol. The number of aryl methyl sites for hydroxylation is 1. The topological polar surface area (TPSA) is 72.2 Å². The molecule has 0 fully saturated rings. The largest absolute Gasteiger partial charge is 0.455 e. The maximum Gasteiger partial charge on any atom is 0.196 e. The summed E-state index contributed by atoms with van der Waals surface area (Å²) >= 11 is 0. The van der Waals surface area contributed by atoms with Gasteiger partial charge in [-0.2, -0.15) is 0 Å². The zero-order valence-corrected chi connectivity index (χ0v) is 17.1. The van der Waals surface area contributed by atoms with E-state index in [4.69, 9.17) is 4.42 Å². The minimum atomic E-state index is -0.218. The van der Waals surface area contributed by atoms with E-state index in [9.17, 15) is 9.59 Å². The predicted molar refractivity (Wildman–Crippen MR) is 119 cm³/mol. The zero-order valence-electron chi connectivity index (χ0n) is 17.1. The Morgan fingerprint density at radius 3 is 2.60 bits per heavy atom. The number of nitrogens with one attached hydrogen (secondary N) is 1. The first-order valence-electron chi connectivity index (χ1n) is 9.78. The van der Waals surface area contributed by atoms with Gasteiger partial charge >= 0.3 is 0 Å². The average molecular weight is 398 g/mol. The van der Waals surface area contributed by atoms with Crippen molar-refractivity contribution < 1.29 is 9.21 Å². The van der Waals surface area contributed by atoms with E-state index in [2.05, 4.69) is 10.3 Å². The second-order valence-electron chi connectivity index (χ2n) is 7.43. The van der Waals surface area contributed by atoms with Gasteiger partial charge in [-0.05, 0) is 38.5 Å². The maximum absolute atomic E-state index is 13.2. The van der Waals surface area contributed by atoms with Crippen LogP contribution in [0.2, 0.25) is 0 Å². The van der Waals surface area contributed by atoms with Crippen molar-refractivity contribution in [2.45, 2.75) is 26.8 Å². The van der Waals surface area contributed by atoms with Crippen molar-refractivity contribution in [2.24, 2.45) is 0 Å². The van der Waals surface area contributed by atoms with Crippen LogP contribution in [0.25, 0.3) is 22.3 Å². The molecule has 2 heterocycles. The highest BCUT2D eigenvalue weighted by Gasteiger charge is 2.19. The van der Waals surface area contributed by atoms with E-state index >= 15 is 0 Å². The Morgan fingerprint density at radius 2 is 1.87 bits per heavy atom. The fourth-order valence-electron chi connectivity index (χ4n) is 3.69. The van der Waals surface area contributed by atoms with Crippen LogP contribution in [0.3, 0.4) is 0 Å². The van der Waals surface area contributed by atoms with Crippen LogP contribution in [-0.2, 0) is 0 Å². The minimum Gasteiger partial charge on any atom is -0.455 e. The third-order valence-electron chi connectivity index (χ3n) is 5.25. The molecule has 0 radical (unpaired) electrons. The van der Waals surface area contributed by atoms with Crippen LogP contribution in [0, 0.1) is 13.8 Å². The molecule has 4 aromatic rings. The van der Waals surface area contributed by atoms with Crippen LogP contribution in [0.15, 0.2) is 70.1 Å². The highest BCUT2D eigenvalue weighted by Crippen LogP contribution is 2.32. The first-order chi connectivity index (χ1) is 14.5. The zero-order chi connectivity index (χ0) is 21.3. The van der Waals surface area contributed by atoms with Crippen molar-refractivity contribution in [3.8, 4) is 11.3 Å². The number of hydrogen-bond donors (Lipinski definition) is 1. The van der Waals surface area contributed by atoms with Crippen molar-refractivity contribution in [2.75, 3.05) is 5.32 Å². The molecule has 30 heavy (non-hydrogen) atoms. The van der Waals surface area contributed by atoms with E-state index in [1.165, 1.54) is 0 Å². The molecule has 1 atom stereocenters. The van der Waals surface area contributed by atoms with Crippen LogP contribution in [0.4, 0.5) is 5.69 Å². The van der Waals surface area contributed by atoms with E-state index in [1.807, 2.05) is 56.3 Å². The Hall–Kier alpha value is -3.73. The van der Waals surface area contributed by atoms with Crippen LogP contribution in [-0.4, -0.2) is 11.3 Å². The Bertz CT molecular complexity index is 1290. The van der Waals surface area contributed by atoms with Gasteiger partial charge < -0.3 is 9.73 Å². The van der Waals surface area contributed by atoms with Gasteiger partial charge in [-0.3, -0.25) is 14.6 Å². The standard InChI is InChI=1S/C25H22N2O3/c1-15-11-20(17(3)27-22-13-26-10-9-19(22)14-28)25-21(12-15)23(29)16(2)24(30-25)18-7-5-4-6-8-18/h4-14,17,27H,1-3H3. The molecular formula is C25H22N2O3. The number of anilines is 1. The van der Waals surface area contributed by atoms with E-state index < -0.39 is 0 Å². The third kappa shape index (κ3) is 3.50. The Kier molecular flexibility index (Phi) is 5.19. The van der Waals surface area contributed by atoms with Crippen molar-refractivity contribution in [1.29, 1.82) is 0 Å². The minimum absolute atomic E-state index is 0.0396. The van der Waals surface area contributed by atoms with Crippen molar-refractivity contribution in [3.05, 3.63) is 93.4 Å². The molecule has 1 N–H and O–H groups in total. The van der Waals surface area contributed by atoms with Crippen molar-refractivity contribution in [3.63, 3.8) is 0 Å². The Labute approximate surface area is 174 Å². The first kappa shape index (κ1) is 19.6. The normalized spacial score (nSPS) is 12.0. The second kappa shape index (κ2) is 7.95. The molecular weight excluding hydrogens is 376 g/mol. The molecule has 0 aliphatic carbocycles. The summed E-state index contributed by atoms with van der Waals surface area (Å²) in [5, 5.41) is 3.89.